The van der Waals surface area contributed by atoms with E-state index in [0.717, 1.165) is 18.0 Å². The third kappa shape index (κ3) is 7.81. The van der Waals surface area contributed by atoms with Gasteiger partial charge in [-0.3, -0.25) is 0 Å². The molecular formula is C16H33N. The zero-order valence-corrected chi connectivity index (χ0v) is 12.3. The molecule has 0 aromatic rings. The molecule has 0 aromatic heterocycles. The first-order valence-electron chi connectivity index (χ1n) is 8.02. The summed E-state index contributed by atoms with van der Waals surface area (Å²) in [7, 11) is 0. The van der Waals surface area contributed by atoms with Gasteiger partial charge in [-0.15, -0.1) is 0 Å². The molecule has 2 atom stereocenters. The first-order valence-corrected chi connectivity index (χ1v) is 8.02. The normalized spacial score (nSPS) is 19.2. The van der Waals surface area contributed by atoms with Crippen LogP contribution < -0.4 is 5.32 Å². The summed E-state index contributed by atoms with van der Waals surface area (Å²) in [6.45, 7) is 6.98. The van der Waals surface area contributed by atoms with E-state index < -0.39 is 0 Å². The standard InChI is InChI=1S/C16H33N/c1-4-6-7-8-9-10-14(3)17-16(5-2)13-15-11-12-15/h14-17H,4-13H2,1-3H3. The highest BCUT2D eigenvalue weighted by Gasteiger charge is 2.25. The second kappa shape index (κ2) is 8.97. The smallest absolute Gasteiger partial charge is 0.00695 e. The largest absolute Gasteiger partial charge is 0.312 e. The zero-order chi connectivity index (χ0) is 12.5. The third-order valence-corrected chi connectivity index (χ3v) is 4.07. The van der Waals surface area contributed by atoms with Crippen LogP contribution in [0.2, 0.25) is 0 Å². The van der Waals surface area contributed by atoms with Gasteiger partial charge in [-0.1, -0.05) is 58.8 Å². The van der Waals surface area contributed by atoms with Gasteiger partial charge in [-0.05, 0) is 32.1 Å². The summed E-state index contributed by atoms with van der Waals surface area (Å²) >= 11 is 0. The van der Waals surface area contributed by atoms with Gasteiger partial charge < -0.3 is 5.32 Å². The van der Waals surface area contributed by atoms with E-state index in [1.165, 1.54) is 64.2 Å². The molecule has 102 valence electrons. The molecule has 0 aromatic carbocycles. The summed E-state index contributed by atoms with van der Waals surface area (Å²) in [6, 6.07) is 1.51. The van der Waals surface area contributed by atoms with Gasteiger partial charge in [0.25, 0.3) is 0 Å². The van der Waals surface area contributed by atoms with Gasteiger partial charge in [0, 0.05) is 12.1 Å². The Hall–Kier alpha value is -0.0400. The van der Waals surface area contributed by atoms with Gasteiger partial charge in [0.1, 0.15) is 0 Å². The van der Waals surface area contributed by atoms with Crippen molar-refractivity contribution in [3.8, 4) is 0 Å². The number of unbranched alkanes of at least 4 members (excludes halogenated alkanes) is 4. The van der Waals surface area contributed by atoms with Gasteiger partial charge in [0.15, 0.2) is 0 Å². The van der Waals surface area contributed by atoms with Crippen LogP contribution in [0.4, 0.5) is 0 Å². The maximum Gasteiger partial charge on any atom is 0.00695 e. The fourth-order valence-corrected chi connectivity index (χ4v) is 2.65. The Morgan fingerprint density at radius 3 is 2.35 bits per heavy atom. The van der Waals surface area contributed by atoms with Crippen LogP contribution in [0, 0.1) is 5.92 Å². The number of hydrogen-bond acceptors (Lipinski definition) is 1. The van der Waals surface area contributed by atoms with E-state index in [4.69, 9.17) is 0 Å². The Kier molecular flexibility index (Phi) is 7.92. The summed E-state index contributed by atoms with van der Waals surface area (Å²) in [6.07, 6.45) is 14.1. The summed E-state index contributed by atoms with van der Waals surface area (Å²) in [5.41, 5.74) is 0. The van der Waals surface area contributed by atoms with Crippen molar-refractivity contribution in [2.45, 2.75) is 97.1 Å². The lowest BCUT2D eigenvalue weighted by Crippen LogP contribution is -2.36. The van der Waals surface area contributed by atoms with Crippen molar-refractivity contribution in [3.05, 3.63) is 0 Å². The SMILES string of the molecule is CCCCCCCC(C)NC(CC)CC1CC1. The van der Waals surface area contributed by atoms with Gasteiger partial charge in [0.2, 0.25) is 0 Å². The van der Waals surface area contributed by atoms with E-state index in [-0.39, 0.29) is 0 Å². The van der Waals surface area contributed by atoms with Crippen molar-refractivity contribution >= 4 is 0 Å². The molecule has 1 N–H and O–H groups in total. The predicted molar refractivity (Wildman–Crippen MR) is 77.4 cm³/mol. The molecule has 0 heterocycles. The second-order valence-corrected chi connectivity index (χ2v) is 6.05. The van der Waals surface area contributed by atoms with E-state index in [1.807, 2.05) is 0 Å². The first-order chi connectivity index (χ1) is 8.26. The lowest BCUT2D eigenvalue weighted by Gasteiger charge is -2.22. The van der Waals surface area contributed by atoms with E-state index in [2.05, 4.69) is 26.1 Å². The highest BCUT2D eigenvalue weighted by molar-refractivity contribution is 4.80. The summed E-state index contributed by atoms with van der Waals surface area (Å²) in [4.78, 5) is 0. The number of rotatable bonds is 11. The second-order valence-electron chi connectivity index (χ2n) is 6.05. The average Bonchev–Trinajstić information content (AvgIpc) is 3.12. The molecule has 1 aliphatic carbocycles. The quantitative estimate of drug-likeness (QED) is 0.505. The molecule has 1 rings (SSSR count). The fraction of sp³-hybridized carbons (Fsp3) is 1.00. The Morgan fingerprint density at radius 2 is 1.76 bits per heavy atom. The van der Waals surface area contributed by atoms with Gasteiger partial charge in [0.05, 0.1) is 0 Å². The minimum Gasteiger partial charge on any atom is -0.312 e. The van der Waals surface area contributed by atoms with Gasteiger partial charge >= 0.3 is 0 Å². The van der Waals surface area contributed by atoms with Crippen molar-refractivity contribution in [1.29, 1.82) is 0 Å². The van der Waals surface area contributed by atoms with Crippen LogP contribution in [-0.4, -0.2) is 12.1 Å². The molecule has 2 unspecified atom stereocenters. The minimum atomic E-state index is 0.723. The molecule has 1 aliphatic rings. The van der Waals surface area contributed by atoms with Crippen LogP contribution in [-0.2, 0) is 0 Å². The Bertz CT molecular complexity index is 174. The number of hydrogen-bond donors (Lipinski definition) is 1. The molecule has 0 saturated heterocycles. The molecule has 1 saturated carbocycles. The van der Waals surface area contributed by atoms with Crippen LogP contribution >= 0.6 is 0 Å². The molecule has 17 heavy (non-hydrogen) atoms. The average molecular weight is 239 g/mol. The van der Waals surface area contributed by atoms with E-state index in [1.54, 1.807) is 0 Å². The predicted octanol–water partition coefficient (Wildman–Crippen LogP) is 4.90. The highest BCUT2D eigenvalue weighted by atomic mass is 14.9. The van der Waals surface area contributed by atoms with Crippen LogP contribution in [0.5, 0.6) is 0 Å². The Labute approximate surface area is 109 Å². The first kappa shape index (κ1) is 15.0. The van der Waals surface area contributed by atoms with Crippen LogP contribution in [0.15, 0.2) is 0 Å². The third-order valence-electron chi connectivity index (χ3n) is 4.07. The lowest BCUT2D eigenvalue weighted by atomic mass is 10.0. The molecular weight excluding hydrogens is 206 g/mol. The maximum absolute atomic E-state index is 3.83. The molecule has 1 nitrogen and oxygen atoms in total. The van der Waals surface area contributed by atoms with E-state index >= 15 is 0 Å². The van der Waals surface area contributed by atoms with Crippen molar-refractivity contribution in [3.63, 3.8) is 0 Å². The molecule has 0 radical (unpaired) electrons. The molecule has 1 heteroatoms. The van der Waals surface area contributed by atoms with Gasteiger partial charge in [-0.2, -0.15) is 0 Å². The van der Waals surface area contributed by atoms with Crippen LogP contribution in [0.25, 0.3) is 0 Å². The van der Waals surface area contributed by atoms with Crippen molar-refractivity contribution in [2.75, 3.05) is 0 Å². The lowest BCUT2D eigenvalue weighted by molar-refractivity contribution is 0.377. The Morgan fingerprint density at radius 1 is 1.06 bits per heavy atom. The molecule has 1 fully saturated rings. The highest BCUT2D eigenvalue weighted by Crippen LogP contribution is 2.34. The van der Waals surface area contributed by atoms with Crippen LogP contribution in [0.1, 0.15) is 85.0 Å². The van der Waals surface area contributed by atoms with Gasteiger partial charge in [-0.25, -0.2) is 0 Å². The monoisotopic (exact) mass is 239 g/mol. The van der Waals surface area contributed by atoms with Crippen LogP contribution in [0.3, 0.4) is 0 Å². The molecule has 0 spiro atoms. The number of nitrogens with one attached hydrogen (secondary N) is 1. The van der Waals surface area contributed by atoms with E-state index in [9.17, 15) is 0 Å². The summed E-state index contributed by atoms with van der Waals surface area (Å²) < 4.78 is 0. The topological polar surface area (TPSA) is 12.0 Å². The molecule has 0 amide bonds. The Balaban J connectivity index is 1.99. The fourth-order valence-electron chi connectivity index (χ4n) is 2.65. The summed E-state index contributed by atoms with van der Waals surface area (Å²) in [5, 5.41) is 3.83. The maximum atomic E-state index is 3.83. The summed E-state index contributed by atoms with van der Waals surface area (Å²) in [5.74, 6) is 1.06. The minimum absolute atomic E-state index is 0.723. The van der Waals surface area contributed by atoms with E-state index in [0.29, 0.717) is 0 Å². The molecule has 0 bridgehead atoms. The molecule has 0 aliphatic heterocycles. The van der Waals surface area contributed by atoms with Crippen molar-refractivity contribution in [2.24, 2.45) is 5.92 Å². The van der Waals surface area contributed by atoms with Crippen molar-refractivity contribution in [1.82, 2.24) is 5.32 Å². The van der Waals surface area contributed by atoms with Crippen molar-refractivity contribution < 1.29 is 0 Å². The zero-order valence-electron chi connectivity index (χ0n) is 12.3.